The average Bonchev–Trinajstić information content (AvgIpc) is 1.83. The van der Waals surface area contributed by atoms with Gasteiger partial charge in [-0.2, -0.15) is 0 Å². The summed E-state index contributed by atoms with van der Waals surface area (Å²) in [6, 6.07) is 0. The Labute approximate surface area is 86.6 Å². The molecule has 0 nitrogen and oxygen atoms in total. The molecule has 0 spiro atoms. The van der Waals surface area contributed by atoms with E-state index in [9.17, 15) is 0 Å². The van der Waals surface area contributed by atoms with Crippen molar-refractivity contribution in [1.82, 2.24) is 0 Å². The van der Waals surface area contributed by atoms with E-state index in [2.05, 4.69) is 54.4 Å². The van der Waals surface area contributed by atoms with E-state index in [4.69, 9.17) is 0 Å². The maximum atomic E-state index is 2.53. The first-order valence-electron chi connectivity index (χ1n) is 5.25. The lowest BCUT2D eigenvalue weighted by Crippen LogP contribution is -2.14. The van der Waals surface area contributed by atoms with Gasteiger partial charge in [-0.1, -0.05) is 0 Å². The fraction of sp³-hybridized carbons (Fsp3) is 1.00. The van der Waals surface area contributed by atoms with Crippen LogP contribution in [0.3, 0.4) is 0 Å². The van der Waals surface area contributed by atoms with Gasteiger partial charge in [0, 0.05) is 14.5 Å². The lowest BCUT2D eigenvalue weighted by Gasteiger charge is -2.29. The van der Waals surface area contributed by atoms with Crippen LogP contribution in [0.1, 0.15) is 27.7 Å². The van der Waals surface area contributed by atoms with E-state index in [1.165, 1.54) is 5.90 Å². The fourth-order valence-electron chi connectivity index (χ4n) is 1.27. The van der Waals surface area contributed by atoms with Crippen LogP contribution in [0, 0.1) is 0 Å². The van der Waals surface area contributed by atoms with Crippen molar-refractivity contribution in [1.29, 1.82) is 0 Å². The summed E-state index contributed by atoms with van der Waals surface area (Å²) in [5.74, 6) is 1.54. The Kier molecular flexibility index (Phi) is 4.89. The molecule has 0 aliphatic rings. The summed E-state index contributed by atoms with van der Waals surface area (Å²) in [6.07, 6.45) is 0. The maximum absolute atomic E-state index is 2.53. The van der Waals surface area contributed by atoms with Gasteiger partial charge in [0.15, 0.2) is 5.90 Å². The molecule has 0 fully saturated rings. The summed E-state index contributed by atoms with van der Waals surface area (Å²) in [4.78, 5) is 0. The third-order valence-electron chi connectivity index (χ3n) is 3.52. The van der Waals surface area contributed by atoms with E-state index in [1.807, 2.05) is 0 Å². The van der Waals surface area contributed by atoms with Crippen molar-refractivity contribution in [2.24, 2.45) is 0 Å². The lowest BCUT2D eigenvalue weighted by molar-refractivity contribution is 1.06. The van der Waals surface area contributed by atoms with Gasteiger partial charge in [-0.05, 0) is 27.7 Å². The molecule has 0 saturated carbocycles. The largest absolute Gasteiger partial charge is 0.159 e. The summed E-state index contributed by atoms with van der Waals surface area (Å²) >= 11 is 0. The molecule has 0 bridgehead atoms. The van der Waals surface area contributed by atoms with Crippen LogP contribution < -0.4 is 0 Å². The SMILES string of the molecule is CC(C)[P+](C)(C)C[P+](C)(C)C(C)C. The Hall–Kier alpha value is 0.860. The molecule has 0 amide bonds. The van der Waals surface area contributed by atoms with Crippen molar-refractivity contribution in [3.63, 3.8) is 0 Å². The minimum atomic E-state index is -0.641. The van der Waals surface area contributed by atoms with E-state index >= 15 is 0 Å². The Morgan fingerprint density at radius 1 is 0.692 bits per heavy atom. The van der Waals surface area contributed by atoms with Crippen LogP contribution in [-0.2, 0) is 0 Å². The molecule has 0 rings (SSSR count). The predicted molar refractivity (Wildman–Crippen MR) is 72.7 cm³/mol. The highest BCUT2D eigenvalue weighted by atomic mass is 31.2. The zero-order valence-corrected chi connectivity index (χ0v) is 12.5. The quantitative estimate of drug-likeness (QED) is 0.621. The standard InChI is InChI=1S/C11H28P2/c1-10(2)12(5,6)9-13(7,8)11(3)4/h10-11H,9H2,1-8H3/q+2. The highest BCUT2D eigenvalue weighted by Gasteiger charge is 2.43. The molecule has 0 aliphatic carbocycles. The summed E-state index contributed by atoms with van der Waals surface area (Å²) in [6.45, 7) is 19.7. The van der Waals surface area contributed by atoms with Gasteiger partial charge in [0.25, 0.3) is 0 Å². The topological polar surface area (TPSA) is 0 Å². The van der Waals surface area contributed by atoms with Gasteiger partial charge in [-0.25, -0.2) is 0 Å². The van der Waals surface area contributed by atoms with Gasteiger partial charge in [0.05, 0.1) is 38.0 Å². The summed E-state index contributed by atoms with van der Waals surface area (Å²) in [5, 5.41) is 0. The monoisotopic (exact) mass is 222 g/mol. The highest BCUT2D eigenvalue weighted by molar-refractivity contribution is 7.91. The van der Waals surface area contributed by atoms with E-state index in [-0.39, 0.29) is 0 Å². The van der Waals surface area contributed by atoms with Crippen LogP contribution in [0.15, 0.2) is 0 Å². The fourth-order valence-corrected chi connectivity index (χ4v) is 11.4. The second kappa shape index (κ2) is 4.59. The van der Waals surface area contributed by atoms with Crippen molar-refractivity contribution in [3.8, 4) is 0 Å². The molecule has 0 N–H and O–H groups in total. The first-order chi connectivity index (χ1) is 5.59. The van der Waals surface area contributed by atoms with Gasteiger partial charge in [-0.3, -0.25) is 0 Å². The van der Waals surface area contributed by atoms with Crippen LogP contribution >= 0.6 is 14.5 Å². The van der Waals surface area contributed by atoms with Crippen molar-refractivity contribution in [2.75, 3.05) is 32.6 Å². The van der Waals surface area contributed by atoms with Gasteiger partial charge < -0.3 is 0 Å². The number of hydrogen-bond donors (Lipinski definition) is 0. The summed E-state index contributed by atoms with van der Waals surface area (Å²) < 4.78 is 0. The van der Waals surface area contributed by atoms with Crippen molar-refractivity contribution >= 4 is 14.5 Å². The molecule has 0 atom stereocenters. The van der Waals surface area contributed by atoms with Crippen molar-refractivity contribution in [3.05, 3.63) is 0 Å². The molecule has 0 aromatic heterocycles. The van der Waals surface area contributed by atoms with Gasteiger partial charge in [0.1, 0.15) is 0 Å². The number of hydrogen-bond acceptors (Lipinski definition) is 0. The smallest absolute Gasteiger partial charge is 0.0284 e. The molecule has 0 unspecified atom stereocenters. The first kappa shape index (κ1) is 13.9. The normalized spacial score (nSPS) is 14.3. The minimum absolute atomic E-state index is 0.641. The van der Waals surface area contributed by atoms with Crippen LogP contribution in [0.2, 0.25) is 0 Å². The second-order valence-corrected chi connectivity index (χ2v) is 16.2. The molecule has 13 heavy (non-hydrogen) atoms. The van der Waals surface area contributed by atoms with Crippen LogP contribution in [0.4, 0.5) is 0 Å². The molecule has 0 saturated heterocycles. The van der Waals surface area contributed by atoms with E-state index < -0.39 is 14.5 Å². The first-order valence-corrected chi connectivity index (χ1v) is 11.1. The number of rotatable bonds is 4. The van der Waals surface area contributed by atoms with Crippen molar-refractivity contribution in [2.45, 2.75) is 39.0 Å². The molecule has 0 aliphatic heterocycles. The van der Waals surface area contributed by atoms with Gasteiger partial charge in [0.2, 0.25) is 0 Å². The van der Waals surface area contributed by atoms with Crippen LogP contribution in [0.5, 0.6) is 0 Å². The Bertz CT molecular complexity index is 139. The highest BCUT2D eigenvalue weighted by Crippen LogP contribution is 2.71. The Morgan fingerprint density at radius 2 is 0.923 bits per heavy atom. The average molecular weight is 222 g/mol. The Balaban J connectivity index is 4.42. The van der Waals surface area contributed by atoms with E-state index in [0.717, 1.165) is 11.3 Å². The maximum Gasteiger partial charge on any atom is 0.159 e. The minimum Gasteiger partial charge on any atom is -0.0284 e. The zero-order chi connectivity index (χ0) is 10.9. The second-order valence-electron chi connectivity index (χ2n) is 5.89. The summed E-state index contributed by atoms with van der Waals surface area (Å²) in [7, 11) is -1.28. The molecule has 0 aromatic rings. The lowest BCUT2D eigenvalue weighted by atomic mass is 10.6. The third-order valence-corrected chi connectivity index (χ3v) is 14.9. The Morgan fingerprint density at radius 3 is 1.08 bits per heavy atom. The van der Waals surface area contributed by atoms with E-state index in [1.54, 1.807) is 0 Å². The molecule has 2 heteroatoms. The van der Waals surface area contributed by atoms with Crippen molar-refractivity contribution < 1.29 is 0 Å². The molecule has 0 aromatic carbocycles. The van der Waals surface area contributed by atoms with E-state index in [0.29, 0.717) is 0 Å². The molecule has 0 radical (unpaired) electrons. The molecule has 0 heterocycles. The van der Waals surface area contributed by atoms with Crippen LogP contribution in [-0.4, -0.2) is 43.9 Å². The zero-order valence-electron chi connectivity index (χ0n) is 10.8. The van der Waals surface area contributed by atoms with Gasteiger partial charge >= 0.3 is 0 Å². The predicted octanol–water partition coefficient (Wildman–Crippen LogP) is 4.32. The summed E-state index contributed by atoms with van der Waals surface area (Å²) in [5.41, 5.74) is 1.82. The molecular weight excluding hydrogens is 194 g/mol. The third kappa shape index (κ3) is 4.26. The van der Waals surface area contributed by atoms with Gasteiger partial charge in [-0.15, -0.1) is 0 Å². The van der Waals surface area contributed by atoms with Crippen LogP contribution in [0.25, 0.3) is 0 Å². The molecule has 80 valence electrons. The molecular formula is C11H28P2+2.